The lowest BCUT2D eigenvalue weighted by molar-refractivity contribution is 0.398. The van der Waals surface area contributed by atoms with Gasteiger partial charge in [0.15, 0.2) is 0 Å². The number of anilines is 1. The smallest absolute Gasteiger partial charge is 0.214 e. The largest absolute Gasteiger partial charge is 0.481 e. The molecule has 2 N–H and O–H groups in total. The number of hydrogen-bond acceptors (Lipinski definition) is 4. The second-order valence-corrected chi connectivity index (χ2v) is 3.73. The summed E-state index contributed by atoms with van der Waals surface area (Å²) in [4.78, 5) is 4.33. The third-order valence-electron chi connectivity index (χ3n) is 2.62. The summed E-state index contributed by atoms with van der Waals surface area (Å²) >= 11 is 0. The first-order chi connectivity index (χ1) is 7.38. The van der Waals surface area contributed by atoms with Crippen molar-refractivity contribution in [3.05, 3.63) is 18.2 Å². The molecule has 0 radical (unpaired) electrons. The molecule has 1 fully saturated rings. The van der Waals surface area contributed by atoms with E-state index < -0.39 is 0 Å². The molecule has 0 bridgehead atoms. The van der Waals surface area contributed by atoms with Crippen LogP contribution in [0.4, 0.5) is 5.82 Å². The fourth-order valence-corrected chi connectivity index (χ4v) is 1.78. The van der Waals surface area contributed by atoms with Crippen molar-refractivity contribution in [3.63, 3.8) is 0 Å². The SMILES string of the molecule is COc1cccc(NC2CCNCC2)n1. The van der Waals surface area contributed by atoms with E-state index in [-0.39, 0.29) is 0 Å². The molecule has 4 nitrogen and oxygen atoms in total. The van der Waals surface area contributed by atoms with Crippen molar-refractivity contribution in [2.24, 2.45) is 0 Å². The van der Waals surface area contributed by atoms with Gasteiger partial charge in [0.1, 0.15) is 5.82 Å². The molecule has 0 atom stereocenters. The van der Waals surface area contributed by atoms with E-state index in [2.05, 4.69) is 15.6 Å². The van der Waals surface area contributed by atoms with Crippen molar-refractivity contribution >= 4 is 5.82 Å². The van der Waals surface area contributed by atoms with Crippen molar-refractivity contribution in [3.8, 4) is 5.88 Å². The lowest BCUT2D eigenvalue weighted by Crippen LogP contribution is -2.35. The molecule has 2 rings (SSSR count). The van der Waals surface area contributed by atoms with Crippen molar-refractivity contribution < 1.29 is 4.74 Å². The van der Waals surface area contributed by atoms with E-state index >= 15 is 0 Å². The molecule has 0 aromatic carbocycles. The number of piperidine rings is 1. The van der Waals surface area contributed by atoms with Crippen LogP contribution in [0.5, 0.6) is 5.88 Å². The minimum Gasteiger partial charge on any atom is -0.481 e. The Bertz CT molecular complexity index is 310. The average molecular weight is 207 g/mol. The van der Waals surface area contributed by atoms with Crippen LogP contribution in [0.25, 0.3) is 0 Å². The van der Waals surface area contributed by atoms with Crippen molar-refractivity contribution in [2.75, 3.05) is 25.5 Å². The van der Waals surface area contributed by atoms with Crippen molar-refractivity contribution in [1.29, 1.82) is 0 Å². The van der Waals surface area contributed by atoms with E-state index in [1.54, 1.807) is 7.11 Å². The van der Waals surface area contributed by atoms with Gasteiger partial charge in [-0.3, -0.25) is 0 Å². The molecule has 0 aliphatic carbocycles. The second-order valence-electron chi connectivity index (χ2n) is 3.73. The van der Waals surface area contributed by atoms with Gasteiger partial charge in [-0.05, 0) is 32.0 Å². The summed E-state index contributed by atoms with van der Waals surface area (Å²) in [6, 6.07) is 6.32. The van der Waals surface area contributed by atoms with E-state index in [1.165, 1.54) is 0 Å². The predicted molar refractivity (Wildman–Crippen MR) is 60.3 cm³/mol. The van der Waals surface area contributed by atoms with Gasteiger partial charge in [0, 0.05) is 12.1 Å². The van der Waals surface area contributed by atoms with E-state index in [4.69, 9.17) is 4.74 Å². The Morgan fingerprint density at radius 2 is 2.20 bits per heavy atom. The van der Waals surface area contributed by atoms with Crippen molar-refractivity contribution in [1.82, 2.24) is 10.3 Å². The molecule has 2 heterocycles. The number of pyridine rings is 1. The summed E-state index contributed by atoms with van der Waals surface area (Å²) in [5.41, 5.74) is 0. The van der Waals surface area contributed by atoms with Crippen molar-refractivity contribution in [2.45, 2.75) is 18.9 Å². The summed E-state index contributed by atoms with van der Waals surface area (Å²) in [6.45, 7) is 2.17. The first-order valence-electron chi connectivity index (χ1n) is 5.37. The predicted octanol–water partition coefficient (Wildman–Crippen LogP) is 1.25. The molecule has 0 saturated carbocycles. The summed E-state index contributed by atoms with van der Waals surface area (Å²) in [6.07, 6.45) is 2.30. The van der Waals surface area contributed by atoms with Crippen LogP contribution in [0.2, 0.25) is 0 Å². The maximum absolute atomic E-state index is 5.08. The highest BCUT2D eigenvalue weighted by Crippen LogP contribution is 2.14. The Morgan fingerprint density at radius 3 is 2.93 bits per heavy atom. The molecule has 1 aliphatic rings. The maximum Gasteiger partial charge on any atom is 0.214 e. The Balaban J connectivity index is 1.96. The third-order valence-corrected chi connectivity index (χ3v) is 2.62. The zero-order valence-electron chi connectivity index (χ0n) is 8.99. The molecule has 1 aromatic heterocycles. The molecule has 0 amide bonds. The summed E-state index contributed by atoms with van der Waals surface area (Å²) in [5.74, 6) is 1.56. The number of methoxy groups -OCH3 is 1. The van der Waals surface area contributed by atoms with Crippen LogP contribution >= 0.6 is 0 Å². The normalized spacial score (nSPS) is 17.4. The Kier molecular flexibility index (Phi) is 3.40. The minimum absolute atomic E-state index is 0.533. The van der Waals surface area contributed by atoms with Gasteiger partial charge in [0.2, 0.25) is 5.88 Å². The van der Waals surface area contributed by atoms with Gasteiger partial charge in [-0.15, -0.1) is 0 Å². The molecule has 1 saturated heterocycles. The second kappa shape index (κ2) is 4.98. The standard InChI is InChI=1S/C11H17N3O/c1-15-11-4-2-3-10(14-11)13-9-5-7-12-8-6-9/h2-4,9,12H,5-8H2,1H3,(H,13,14). The van der Waals surface area contributed by atoms with Gasteiger partial charge < -0.3 is 15.4 Å². The van der Waals surface area contributed by atoms with Crippen LogP contribution in [0.15, 0.2) is 18.2 Å². The van der Waals surface area contributed by atoms with Crippen LogP contribution < -0.4 is 15.4 Å². The number of rotatable bonds is 3. The van der Waals surface area contributed by atoms with Crippen LogP contribution in [0, 0.1) is 0 Å². The monoisotopic (exact) mass is 207 g/mol. The van der Waals surface area contributed by atoms with Crippen LogP contribution in [-0.4, -0.2) is 31.2 Å². The van der Waals surface area contributed by atoms with Gasteiger partial charge >= 0.3 is 0 Å². The van der Waals surface area contributed by atoms with E-state index in [0.29, 0.717) is 11.9 Å². The molecule has 82 valence electrons. The van der Waals surface area contributed by atoms with Gasteiger partial charge in [-0.1, -0.05) is 6.07 Å². The highest BCUT2D eigenvalue weighted by Gasteiger charge is 2.12. The molecule has 0 spiro atoms. The number of hydrogen-bond donors (Lipinski definition) is 2. The zero-order chi connectivity index (χ0) is 10.5. The Hall–Kier alpha value is -1.29. The lowest BCUT2D eigenvalue weighted by Gasteiger charge is -2.24. The Morgan fingerprint density at radius 1 is 1.40 bits per heavy atom. The summed E-state index contributed by atoms with van der Waals surface area (Å²) < 4.78 is 5.08. The van der Waals surface area contributed by atoms with Gasteiger partial charge in [0.25, 0.3) is 0 Å². The number of nitrogens with zero attached hydrogens (tertiary/aromatic N) is 1. The van der Waals surface area contributed by atoms with Gasteiger partial charge in [-0.2, -0.15) is 4.98 Å². The number of nitrogens with one attached hydrogen (secondary N) is 2. The molecule has 15 heavy (non-hydrogen) atoms. The number of aromatic nitrogens is 1. The molecular weight excluding hydrogens is 190 g/mol. The summed E-state index contributed by atoms with van der Waals surface area (Å²) in [5, 5.41) is 6.76. The molecule has 1 aliphatic heterocycles. The topological polar surface area (TPSA) is 46.2 Å². The van der Waals surface area contributed by atoms with Crippen LogP contribution in [0.1, 0.15) is 12.8 Å². The zero-order valence-corrected chi connectivity index (χ0v) is 8.99. The fraction of sp³-hybridized carbons (Fsp3) is 0.545. The van der Waals surface area contributed by atoms with Gasteiger partial charge in [0.05, 0.1) is 7.11 Å². The highest BCUT2D eigenvalue weighted by molar-refractivity contribution is 5.38. The quantitative estimate of drug-likeness (QED) is 0.783. The van der Waals surface area contributed by atoms with E-state index in [9.17, 15) is 0 Å². The average Bonchev–Trinajstić information content (AvgIpc) is 2.31. The highest BCUT2D eigenvalue weighted by atomic mass is 16.5. The van der Waals surface area contributed by atoms with Crippen LogP contribution in [0.3, 0.4) is 0 Å². The summed E-state index contributed by atoms with van der Waals surface area (Å²) in [7, 11) is 1.64. The number of ether oxygens (including phenoxy) is 1. The molecular formula is C11H17N3O. The first-order valence-corrected chi connectivity index (χ1v) is 5.37. The lowest BCUT2D eigenvalue weighted by atomic mass is 10.1. The molecule has 4 heteroatoms. The molecule has 1 aromatic rings. The van der Waals surface area contributed by atoms with Gasteiger partial charge in [-0.25, -0.2) is 0 Å². The third kappa shape index (κ3) is 2.83. The molecule has 0 unspecified atom stereocenters. The first kappa shape index (κ1) is 10.2. The fourth-order valence-electron chi connectivity index (χ4n) is 1.78. The minimum atomic E-state index is 0.533. The van der Waals surface area contributed by atoms with Crippen LogP contribution in [-0.2, 0) is 0 Å². The van der Waals surface area contributed by atoms with E-state index in [0.717, 1.165) is 31.7 Å². The van der Waals surface area contributed by atoms with E-state index in [1.807, 2.05) is 18.2 Å². The Labute approximate surface area is 90.0 Å². The maximum atomic E-state index is 5.08.